The van der Waals surface area contributed by atoms with Gasteiger partial charge >= 0.3 is 6.09 Å². The fourth-order valence-corrected chi connectivity index (χ4v) is 3.80. The molecule has 2 amide bonds. The van der Waals surface area contributed by atoms with Crippen LogP contribution in [0.4, 0.5) is 4.79 Å². The maximum Gasteiger partial charge on any atom is 0.410 e. The summed E-state index contributed by atoms with van der Waals surface area (Å²) in [5.74, 6) is 0.00940. The maximum absolute atomic E-state index is 12.4. The number of rotatable bonds is 5. The molecule has 8 heteroatoms. The molecule has 1 aromatic heterocycles. The number of hydrogen-bond acceptors (Lipinski definition) is 4. The normalized spacial score (nSPS) is 20.8. The highest BCUT2D eigenvalue weighted by molar-refractivity contribution is 6.30. The molecule has 0 radical (unpaired) electrons. The van der Waals surface area contributed by atoms with Gasteiger partial charge in [0.25, 0.3) is 0 Å². The second-order valence-corrected chi connectivity index (χ2v) is 7.49. The number of hydrogen-bond donors (Lipinski definition) is 0. The summed E-state index contributed by atoms with van der Waals surface area (Å²) in [5, 5.41) is 4.56. The lowest BCUT2D eigenvalue weighted by atomic mass is 9.91. The summed E-state index contributed by atoms with van der Waals surface area (Å²) in [6, 6.07) is 0.195. The van der Waals surface area contributed by atoms with Crippen LogP contribution in [0.5, 0.6) is 0 Å². The zero-order chi connectivity index (χ0) is 18.0. The van der Waals surface area contributed by atoms with E-state index in [0.717, 1.165) is 12.8 Å². The van der Waals surface area contributed by atoms with E-state index in [2.05, 4.69) is 18.9 Å². The molecule has 0 N–H and O–H groups in total. The number of halogens is 1. The highest BCUT2D eigenvalue weighted by Gasteiger charge is 2.48. The first kappa shape index (κ1) is 18.0. The smallest absolute Gasteiger partial charge is 0.410 e. The molecule has 3 rings (SSSR count). The number of carbonyl (C=O) groups is 2. The molecule has 25 heavy (non-hydrogen) atoms. The van der Waals surface area contributed by atoms with Crippen molar-refractivity contribution in [3.05, 3.63) is 17.4 Å². The van der Waals surface area contributed by atoms with Crippen LogP contribution < -0.4 is 0 Å². The van der Waals surface area contributed by atoms with Crippen molar-refractivity contribution in [1.29, 1.82) is 0 Å². The number of nitrogens with zero attached hydrogens (tertiary/aromatic N) is 4. The summed E-state index contributed by atoms with van der Waals surface area (Å²) in [6.45, 7) is 6.18. The van der Waals surface area contributed by atoms with E-state index in [1.165, 1.54) is 6.20 Å². The van der Waals surface area contributed by atoms with Crippen LogP contribution in [0.2, 0.25) is 5.02 Å². The molecule has 7 nitrogen and oxygen atoms in total. The van der Waals surface area contributed by atoms with Gasteiger partial charge in [-0.15, -0.1) is 0 Å². The number of ether oxygens (including phenoxy) is 1. The van der Waals surface area contributed by atoms with Crippen LogP contribution in [0.1, 0.15) is 39.5 Å². The van der Waals surface area contributed by atoms with Gasteiger partial charge in [0.05, 0.1) is 17.8 Å². The van der Waals surface area contributed by atoms with Crippen molar-refractivity contribution in [2.24, 2.45) is 0 Å². The van der Waals surface area contributed by atoms with Gasteiger partial charge in [-0.1, -0.05) is 24.9 Å². The van der Waals surface area contributed by atoms with Gasteiger partial charge < -0.3 is 14.5 Å². The van der Waals surface area contributed by atoms with Gasteiger partial charge in [0.2, 0.25) is 5.91 Å². The molecule has 1 atom stereocenters. The fourth-order valence-electron chi connectivity index (χ4n) is 3.65. The third-order valence-electron chi connectivity index (χ3n) is 5.16. The van der Waals surface area contributed by atoms with Crippen molar-refractivity contribution in [2.75, 3.05) is 19.6 Å². The van der Waals surface area contributed by atoms with Crippen molar-refractivity contribution >= 4 is 23.6 Å². The molecule has 1 aromatic rings. The SMILES string of the molecule is CCCC(C)N1CC2(CCN(C(=O)Cn3cc(Cl)cn3)CC2)OC1=O. The summed E-state index contributed by atoms with van der Waals surface area (Å²) >= 11 is 5.83. The van der Waals surface area contributed by atoms with Gasteiger partial charge in [0.1, 0.15) is 12.1 Å². The molecular formula is C17H25ClN4O3. The molecule has 2 aliphatic heterocycles. The summed E-state index contributed by atoms with van der Waals surface area (Å²) in [5.41, 5.74) is -0.440. The van der Waals surface area contributed by atoms with Crippen molar-refractivity contribution in [3.63, 3.8) is 0 Å². The van der Waals surface area contributed by atoms with Crippen LogP contribution in [0.3, 0.4) is 0 Å². The van der Waals surface area contributed by atoms with Gasteiger partial charge in [-0.3, -0.25) is 9.48 Å². The van der Waals surface area contributed by atoms with Crippen molar-refractivity contribution in [3.8, 4) is 0 Å². The molecule has 1 spiro atoms. The van der Waals surface area contributed by atoms with E-state index in [1.807, 2.05) is 9.80 Å². The number of likely N-dealkylation sites (tertiary alicyclic amines) is 1. The minimum absolute atomic E-state index is 0.00940. The van der Waals surface area contributed by atoms with Gasteiger partial charge in [0, 0.05) is 38.2 Å². The van der Waals surface area contributed by atoms with Crippen LogP contribution >= 0.6 is 11.6 Å². The van der Waals surface area contributed by atoms with Crippen LogP contribution in [-0.2, 0) is 16.1 Å². The monoisotopic (exact) mass is 368 g/mol. The zero-order valence-electron chi connectivity index (χ0n) is 14.8. The topological polar surface area (TPSA) is 67.7 Å². The molecule has 2 saturated heterocycles. The largest absolute Gasteiger partial charge is 0.441 e. The van der Waals surface area contributed by atoms with E-state index in [1.54, 1.807) is 10.9 Å². The Labute approximate surface area is 152 Å². The van der Waals surface area contributed by atoms with E-state index in [0.29, 0.717) is 37.5 Å². The van der Waals surface area contributed by atoms with E-state index >= 15 is 0 Å². The Morgan fingerprint density at radius 1 is 1.44 bits per heavy atom. The molecule has 3 heterocycles. The first-order chi connectivity index (χ1) is 11.9. The Hall–Kier alpha value is -1.76. The number of aromatic nitrogens is 2. The van der Waals surface area contributed by atoms with Gasteiger partial charge in [-0.25, -0.2) is 4.79 Å². The van der Waals surface area contributed by atoms with Crippen molar-refractivity contribution < 1.29 is 14.3 Å². The molecule has 0 bridgehead atoms. The second kappa shape index (κ2) is 7.23. The molecule has 2 aliphatic rings. The van der Waals surface area contributed by atoms with Crippen LogP contribution in [0.15, 0.2) is 12.4 Å². The quantitative estimate of drug-likeness (QED) is 0.801. The molecular weight excluding hydrogens is 344 g/mol. The molecule has 0 saturated carbocycles. The fraction of sp³-hybridized carbons (Fsp3) is 0.706. The summed E-state index contributed by atoms with van der Waals surface area (Å²) in [6.07, 6.45) is 6.31. The lowest BCUT2D eigenvalue weighted by molar-refractivity contribution is -0.135. The third kappa shape index (κ3) is 3.92. The Kier molecular flexibility index (Phi) is 5.22. The van der Waals surface area contributed by atoms with Gasteiger partial charge in [-0.2, -0.15) is 5.10 Å². The predicted octanol–water partition coefficient (Wildman–Crippen LogP) is 2.54. The molecule has 138 valence electrons. The first-order valence-corrected chi connectivity index (χ1v) is 9.25. The lowest BCUT2D eigenvalue weighted by Gasteiger charge is -2.37. The van der Waals surface area contributed by atoms with E-state index in [4.69, 9.17) is 16.3 Å². The lowest BCUT2D eigenvalue weighted by Crippen LogP contribution is -2.49. The van der Waals surface area contributed by atoms with E-state index in [9.17, 15) is 9.59 Å². The average Bonchev–Trinajstić information content (AvgIpc) is 3.12. The van der Waals surface area contributed by atoms with Crippen LogP contribution in [0, 0.1) is 0 Å². The minimum atomic E-state index is -0.440. The molecule has 2 fully saturated rings. The molecule has 1 unspecified atom stereocenters. The Morgan fingerprint density at radius 2 is 2.16 bits per heavy atom. The Balaban J connectivity index is 1.54. The average molecular weight is 369 g/mol. The summed E-state index contributed by atoms with van der Waals surface area (Å²) in [7, 11) is 0. The van der Waals surface area contributed by atoms with E-state index in [-0.39, 0.29) is 24.6 Å². The van der Waals surface area contributed by atoms with E-state index < -0.39 is 5.60 Å². The standard InChI is InChI=1S/C17H25ClN4O3/c1-3-4-13(2)22-12-17(25-16(22)24)5-7-20(8-6-17)15(23)11-21-10-14(18)9-19-21/h9-10,13H,3-8,11-12H2,1-2H3. The second-order valence-electron chi connectivity index (χ2n) is 7.05. The summed E-state index contributed by atoms with van der Waals surface area (Å²) in [4.78, 5) is 28.3. The highest BCUT2D eigenvalue weighted by atomic mass is 35.5. The Bertz CT molecular complexity index is 640. The molecule has 0 aromatic carbocycles. The highest BCUT2D eigenvalue weighted by Crippen LogP contribution is 2.34. The van der Waals surface area contributed by atoms with Crippen molar-refractivity contribution in [1.82, 2.24) is 19.6 Å². The summed E-state index contributed by atoms with van der Waals surface area (Å²) < 4.78 is 7.27. The van der Waals surface area contributed by atoms with Gasteiger partial charge in [-0.05, 0) is 13.3 Å². The predicted molar refractivity (Wildman–Crippen MR) is 93.3 cm³/mol. The number of amides is 2. The van der Waals surface area contributed by atoms with Gasteiger partial charge in [0.15, 0.2) is 0 Å². The Morgan fingerprint density at radius 3 is 2.76 bits per heavy atom. The third-order valence-corrected chi connectivity index (χ3v) is 5.36. The minimum Gasteiger partial charge on any atom is -0.441 e. The van der Waals surface area contributed by atoms with Crippen LogP contribution in [0.25, 0.3) is 0 Å². The zero-order valence-corrected chi connectivity index (χ0v) is 15.5. The number of piperidine rings is 1. The first-order valence-electron chi connectivity index (χ1n) is 8.88. The molecule has 0 aliphatic carbocycles. The van der Waals surface area contributed by atoms with Crippen molar-refractivity contribution in [2.45, 2.75) is 57.7 Å². The number of carbonyl (C=O) groups excluding carboxylic acids is 2. The maximum atomic E-state index is 12.4. The van der Waals surface area contributed by atoms with Crippen LogP contribution in [-0.4, -0.2) is 62.9 Å².